The van der Waals surface area contributed by atoms with Crippen LogP contribution < -0.4 is 4.90 Å². The van der Waals surface area contributed by atoms with E-state index in [1.165, 1.54) is 5.56 Å². The third kappa shape index (κ3) is 4.72. The maximum atomic E-state index is 5.76. The molecule has 1 aromatic heterocycles. The fourth-order valence-electron chi connectivity index (χ4n) is 3.22. The molecule has 0 spiro atoms. The molecule has 1 aromatic carbocycles. The number of hydrogen-bond acceptors (Lipinski definition) is 5. The van der Waals surface area contributed by atoms with E-state index in [-0.39, 0.29) is 0 Å². The Morgan fingerprint density at radius 3 is 2.54 bits per heavy atom. The molecule has 1 saturated heterocycles. The standard InChI is InChI=1S/C19H29N5OS/c1-16(2)13-23-18(22-9-11-25-12-10-22)20-24(19(23)26)15-21(3)14-17-7-5-4-6-8-17/h4-8,16H,9-15H2,1-3H3. The fourth-order valence-corrected chi connectivity index (χ4v) is 3.47. The molecule has 0 saturated carbocycles. The van der Waals surface area contributed by atoms with E-state index in [1.54, 1.807) is 0 Å². The van der Waals surface area contributed by atoms with Gasteiger partial charge in [0.15, 0.2) is 0 Å². The summed E-state index contributed by atoms with van der Waals surface area (Å²) in [5.41, 5.74) is 1.29. The van der Waals surface area contributed by atoms with Crippen LogP contribution in [-0.2, 0) is 24.5 Å². The summed E-state index contributed by atoms with van der Waals surface area (Å²) in [4.78, 5) is 4.52. The zero-order chi connectivity index (χ0) is 18.5. The van der Waals surface area contributed by atoms with Gasteiger partial charge in [-0.1, -0.05) is 44.2 Å². The Balaban J connectivity index is 1.80. The molecule has 2 heterocycles. The van der Waals surface area contributed by atoms with Gasteiger partial charge in [0.2, 0.25) is 10.7 Å². The number of benzene rings is 1. The predicted octanol–water partition coefficient (Wildman–Crippen LogP) is 3.00. The van der Waals surface area contributed by atoms with Crippen molar-refractivity contribution in [3.63, 3.8) is 0 Å². The molecule has 2 aromatic rings. The molecule has 0 bridgehead atoms. The lowest BCUT2D eigenvalue weighted by Crippen LogP contribution is -2.38. The Kier molecular flexibility index (Phi) is 6.45. The van der Waals surface area contributed by atoms with Crippen LogP contribution in [0.25, 0.3) is 0 Å². The third-order valence-electron chi connectivity index (χ3n) is 4.42. The van der Waals surface area contributed by atoms with E-state index in [0.717, 1.165) is 50.1 Å². The first-order valence-corrected chi connectivity index (χ1v) is 9.68. The molecule has 0 N–H and O–H groups in total. The average Bonchev–Trinajstić information content (AvgIpc) is 2.92. The molecule has 0 radical (unpaired) electrons. The van der Waals surface area contributed by atoms with Crippen molar-refractivity contribution >= 4 is 18.2 Å². The minimum atomic E-state index is 0.515. The molecule has 0 atom stereocenters. The first kappa shape index (κ1) is 19.1. The van der Waals surface area contributed by atoms with E-state index in [1.807, 2.05) is 10.7 Å². The number of anilines is 1. The zero-order valence-corrected chi connectivity index (χ0v) is 16.8. The Labute approximate surface area is 161 Å². The highest BCUT2D eigenvalue weighted by Gasteiger charge is 2.20. The number of aromatic nitrogens is 3. The van der Waals surface area contributed by atoms with Gasteiger partial charge in [0.25, 0.3) is 0 Å². The summed E-state index contributed by atoms with van der Waals surface area (Å²) >= 11 is 5.76. The molecule has 7 heteroatoms. The van der Waals surface area contributed by atoms with E-state index in [0.29, 0.717) is 12.6 Å². The molecule has 3 rings (SSSR count). The molecule has 1 aliphatic heterocycles. The highest BCUT2D eigenvalue weighted by Crippen LogP contribution is 2.18. The van der Waals surface area contributed by atoms with Crippen LogP contribution in [0, 0.1) is 10.7 Å². The average molecular weight is 376 g/mol. The smallest absolute Gasteiger partial charge is 0.226 e. The zero-order valence-electron chi connectivity index (χ0n) is 16.0. The summed E-state index contributed by atoms with van der Waals surface area (Å²) in [6.45, 7) is 10.1. The van der Waals surface area contributed by atoms with Gasteiger partial charge < -0.3 is 9.64 Å². The molecule has 1 aliphatic rings. The van der Waals surface area contributed by atoms with Gasteiger partial charge in [0.1, 0.15) is 0 Å². The number of ether oxygens (including phenoxy) is 1. The number of nitrogens with zero attached hydrogens (tertiary/aromatic N) is 5. The van der Waals surface area contributed by atoms with Crippen molar-refractivity contribution in [1.82, 2.24) is 19.2 Å². The van der Waals surface area contributed by atoms with E-state index in [4.69, 9.17) is 22.1 Å². The van der Waals surface area contributed by atoms with Crippen LogP contribution in [0.3, 0.4) is 0 Å². The second kappa shape index (κ2) is 8.79. The molecule has 142 valence electrons. The van der Waals surface area contributed by atoms with Gasteiger partial charge in [-0.05, 0) is 30.7 Å². The SMILES string of the molecule is CC(C)Cn1c(N2CCOCC2)nn(CN(C)Cc2ccccc2)c1=S. The largest absolute Gasteiger partial charge is 0.378 e. The first-order chi connectivity index (χ1) is 12.5. The molecule has 26 heavy (non-hydrogen) atoms. The summed E-state index contributed by atoms with van der Waals surface area (Å²) < 4.78 is 10.4. The van der Waals surface area contributed by atoms with Gasteiger partial charge >= 0.3 is 0 Å². The lowest BCUT2D eigenvalue weighted by Gasteiger charge is -2.28. The van der Waals surface area contributed by atoms with Crippen molar-refractivity contribution in [1.29, 1.82) is 0 Å². The van der Waals surface area contributed by atoms with Crippen LogP contribution in [-0.4, -0.2) is 52.6 Å². The Hall–Kier alpha value is -1.70. The quantitative estimate of drug-likeness (QED) is 0.696. The van der Waals surface area contributed by atoms with E-state index < -0.39 is 0 Å². The van der Waals surface area contributed by atoms with Crippen LogP contribution in [0.2, 0.25) is 0 Å². The van der Waals surface area contributed by atoms with Gasteiger partial charge in [0, 0.05) is 26.2 Å². The van der Waals surface area contributed by atoms with Gasteiger partial charge in [0.05, 0.1) is 19.9 Å². The van der Waals surface area contributed by atoms with Gasteiger partial charge in [-0.3, -0.25) is 9.47 Å². The number of rotatable bonds is 7. The second-order valence-corrected chi connectivity index (χ2v) is 7.69. The molecule has 1 fully saturated rings. The highest BCUT2D eigenvalue weighted by molar-refractivity contribution is 7.71. The lowest BCUT2D eigenvalue weighted by atomic mass is 10.2. The van der Waals surface area contributed by atoms with E-state index in [2.05, 4.69) is 59.5 Å². The van der Waals surface area contributed by atoms with Gasteiger partial charge in [-0.2, -0.15) is 0 Å². The number of morpholine rings is 1. The highest BCUT2D eigenvalue weighted by atomic mass is 32.1. The normalized spacial score (nSPS) is 15.2. The monoisotopic (exact) mass is 375 g/mol. The second-order valence-electron chi connectivity index (χ2n) is 7.33. The van der Waals surface area contributed by atoms with Gasteiger partial charge in [-0.25, -0.2) is 4.68 Å². The number of hydrogen-bond donors (Lipinski definition) is 0. The van der Waals surface area contributed by atoms with Crippen LogP contribution in [0.5, 0.6) is 0 Å². The van der Waals surface area contributed by atoms with Crippen molar-refractivity contribution in [2.24, 2.45) is 5.92 Å². The maximum absolute atomic E-state index is 5.76. The minimum absolute atomic E-state index is 0.515. The molecular weight excluding hydrogens is 346 g/mol. The molecular formula is C19H29N5OS. The van der Waals surface area contributed by atoms with E-state index in [9.17, 15) is 0 Å². The van der Waals surface area contributed by atoms with Crippen LogP contribution in [0.15, 0.2) is 30.3 Å². The summed E-state index contributed by atoms with van der Waals surface area (Å²) in [5.74, 6) is 1.49. The summed E-state index contributed by atoms with van der Waals surface area (Å²) in [7, 11) is 2.10. The van der Waals surface area contributed by atoms with Crippen LogP contribution >= 0.6 is 12.2 Å². The van der Waals surface area contributed by atoms with Crippen molar-refractivity contribution in [3.05, 3.63) is 40.7 Å². The first-order valence-electron chi connectivity index (χ1n) is 9.27. The molecule has 0 amide bonds. The van der Waals surface area contributed by atoms with Crippen LogP contribution in [0.4, 0.5) is 5.95 Å². The fraction of sp³-hybridized carbons (Fsp3) is 0.579. The van der Waals surface area contributed by atoms with Gasteiger partial charge in [-0.15, -0.1) is 5.10 Å². The predicted molar refractivity (Wildman–Crippen MR) is 107 cm³/mol. The van der Waals surface area contributed by atoms with Crippen molar-refractivity contribution < 1.29 is 4.74 Å². The van der Waals surface area contributed by atoms with E-state index >= 15 is 0 Å². The Morgan fingerprint density at radius 2 is 1.88 bits per heavy atom. The summed E-state index contributed by atoms with van der Waals surface area (Å²) in [5, 5.41) is 4.87. The lowest BCUT2D eigenvalue weighted by molar-refractivity contribution is 0.121. The molecule has 0 unspecified atom stereocenters. The van der Waals surface area contributed by atoms with Crippen molar-refractivity contribution in [3.8, 4) is 0 Å². The van der Waals surface area contributed by atoms with Crippen LogP contribution in [0.1, 0.15) is 19.4 Å². The maximum Gasteiger partial charge on any atom is 0.226 e. The molecule has 6 nitrogen and oxygen atoms in total. The summed E-state index contributed by atoms with van der Waals surface area (Å²) in [6.07, 6.45) is 0. The molecule has 0 aliphatic carbocycles. The third-order valence-corrected chi connectivity index (χ3v) is 4.85. The van der Waals surface area contributed by atoms with Crippen molar-refractivity contribution in [2.75, 3.05) is 38.3 Å². The minimum Gasteiger partial charge on any atom is -0.378 e. The van der Waals surface area contributed by atoms with Crippen molar-refractivity contribution in [2.45, 2.75) is 33.6 Å². The Morgan fingerprint density at radius 1 is 1.19 bits per heavy atom. The topological polar surface area (TPSA) is 38.5 Å². The summed E-state index contributed by atoms with van der Waals surface area (Å²) in [6, 6.07) is 10.5. The Bertz CT molecular complexity index is 749.